The molecule has 0 fully saturated rings. The van der Waals surface area contributed by atoms with Crippen LogP contribution in [-0.2, 0) is 17.9 Å². The number of hydrogen-bond donors (Lipinski definition) is 1. The topological polar surface area (TPSA) is 46.9 Å². The molecule has 2 aromatic rings. The summed E-state index contributed by atoms with van der Waals surface area (Å²) in [7, 11) is 0. The van der Waals surface area contributed by atoms with Crippen LogP contribution in [0, 0.1) is 0 Å². The first-order valence-electron chi connectivity index (χ1n) is 14.0. The molecule has 1 aromatic heterocycles. The van der Waals surface area contributed by atoms with Crippen LogP contribution < -0.4 is 5.32 Å². The van der Waals surface area contributed by atoms with Crippen molar-refractivity contribution < 1.29 is 4.79 Å². The summed E-state index contributed by atoms with van der Waals surface area (Å²) in [4.78, 5) is 16.7. The minimum absolute atomic E-state index is 0.110. The van der Waals surface area contributed by atoms with E-state index in [-0.39, 0.29) is 5.91 Å². The summed E-state index contributed by atoms with van der Waals surface area (Å²) in [6, 6.07) is 8.25. The molecule has 0 saturated heterocycles. The second kappa shape index (κ2) is 17.4. The fourth-order valence-corrected chi connectivity index (χ4v) is 4.64. The van der Waals surface area contributed by atoms with Gasteiger partial charge < -0.3 is 9.88 Å². The number of benzene rings is 1. The number of imidazole rings is 1. The molecule has 0 atom stereocenters. The number of carbonyl (C=O) groups is 1. The Hall–Kier alpha value is -2.10. The highest BCUT2D eigenvalue weighted by molar-refractivity contribution is 5.92. The van der Waals surface area contributed by atoms with E-state index in [1.54, 1.807) is 6.92 Å². The van der Waals surface area contributed by atoms with Crippen molar-refractivity contribution in [3.63, 3.8) is 0 Å². The monoisotopic (exact) mass is 467 g/mol. The Morgan fingerprint density at radius 2 is 1.32 bits per heavy atom. The number of nitrogens with zero attached hydrogens (tertiary/aromatic N) is 2. The minimum atomic E-state index is -0.110. The van der Waals surface area contributed by atoms with Crippen LogP contribution >= 0.6 is 0 Å². The number of carbonyl (C=O) groups excluding carboxylic acids is 1. The number of aromatic nitrogens is 2. The highest BCUT2D eigenvalue weighted by Crippen LogP contribution is 2.18. The summed E-state index contributed by atoms with van der Waals surface area (Å²) in [5.41, 5.74) is 2.68. The van der Waals surface area contributed by atoms with E-state index < -0.39 is 0 Å². The van der Waals surface area contributed by atoms with E-state index in [1.165, 1.54) is 96.3 Å². The fraction of sp³-hybridized carbons (Fsp3) is 0.667. The van der Waals surface area contributed by atoms with Gasteiger partial charge in [-0.25, -0.2) is 4.98 Å². The van der Waals surface area contributed by atoms with Gasteiger partial charge in [0.2, 0.25) is 5.91 Å². The van der Waals surface area contributed by atoms with Crippen molar-refractivity contribution in [2.45, 2.75) is 130 Å². The maximum absolute atomic E-state index is 11.9. The molecule has 0 aliphatic carbocycles. The van der Waals surface area contributed by atoms with Crippen LogP contribution in [0.25, 0.3) is 11.0 Å². The third kappa shape index (κ3) is 10.9. The standard InChI is InChI=1S/C30H49N3O/c1-4-5-6-7-8-9-10-11-12-13-14-15-16-17-18-21-24-33-28-23-20-19-22-27(28)32-29(33)25-31-30(34)26(2)3/h19-20,22-23H,2,4-18,21,24-25H2,1,3H3,(H,31,34). The molecule has 0 saturated carbocycles. The Balaban J connectivity index is 1.55. The molecule has 1 heterocycles. The second-order valence-electron chi connectivity index (χ2n) is 9.93. The van der Waals surface area contributed by atoms with Crippen LogP contribution in [0.2, 0.25) is 0 Å². The third-order valence-electron chi connectivity index (χ3n) is 6.76. The van der Waals surface area contributed by atoms with E-state index in [0.717, 1.165) is 29.8 Å². The molecule has 1 amide bonds. The number of fused-ring (bicyclic) bond motifs is 1. The second-order valence-corrected chi connectivity index (χ2v) is 9.93. The van der Waals surface area contributed by atoms with Gasteiger partial charge in [-0.15, -0.1) is 0 Å². The van der Waals surface area contributed by atoms with E-state index >= 15 is 0 Å². The van der Waals surface area contributed by atoms with Crippen LogP contribution in [0.1, 0.15) is 122 Å². The highest BCUT2D eigenvalue weighted by atomic mass is 16.1. The van der Waals surface area contributed by atoms with Crippen molar-refractivity contribution in [3.8, 4) is 0 Å². The minimum Gasteiger partial charge on any atom is -0.345 e. The van der Waals surface area contributed by atoms with Gasteiger partial charge in [0, 0.05) is 12.1 Å². The maximum atomic E-state index is 11.9. The lowest BCUT2D eigenvalue weighted by molar-refractivity contribution is -0.117. The quantitative estimate of drug-likeness (QED) is 0.157. The highest BCUT2D eigenvalue weighted by Gasteiger charge is 2.11. The van der Waals surface area contributed by atoms with E-state index in [9.17, 15) is 4.79 Å². The Labute approximate surface area is 208 Å². The van der Waals surface area contributed by atoms with Crippen molar-refractivity contribution in [1.82, 2.24) is 14.9 Å². The van der Waals surface area contributed by atoms with Crippen molar-refractivity contribution in [2.24, 2.45) is 0 Å². The van der Waals surface area contributed by atoms with Crippen molar-refractivity contribution in [1.29, 1.82) is 0 Å². The maximum Gasteiger partial charge on any atom is 0.246 e. The average molecular weight is 468 g/mol. The molecular weight excluding hydrogens is 418 g/mol. The summed E-state index contributed by atoms with van der Waals surface area (Å²) in [6.45, 7) is 9.13. The Morgan fingerprint density at radius 3 is 1.85 bits per heavy atom. The lowest BCUT2D eigenvalue weighted by Crippen LogP contribution is -2.25. The molecule has 1 aromatic carbocycles. The van der Waals surface area contributed by atoms with E-state index in [4.69, 9.17) is 4.98 Å². The van der Waals surface area contributed by atoms with Gasteiger partial charge in [-0.1, -0.05) is 122 Å². The third-order valence-corrected chi connectivity index (χ3v) is 6.76. The summed E-state index contributed by atoms with van der Waals surface area (Å²) >= 11 is 0. The molecule has 0 unspecified atom stereocenters. The molecule has 190 valence electrons. The van der Waals surface area contributed by atoms with Gasteiger partial charge in [0.05, 0.1) is 17.6 Å². The molecule has 0 aliphatic heterocycles. The zero-order chi connectivity index (χ0) is 24.4. The Bertz CT molecular complexity index is 839. The van der Waals surface area contributed by atoms with Crippen LogP contribution in [0.5, 0.6) is 0 Å². The fourth-order valence-electron chi connectivity index (χ4n) is 4.64. The SMILES string of the molecule is C=C(C)C(=O)NCc1nc2ccccc2n1CCCCCCCCCCCCCCCCCC. The zero-order valence-corrected chi connectivity index (χ0v) is 22.0. The number of nitrogens with one attached hydrogen (secondary N) is 1. The van der Waals surface area contributed by atoms with Crippen LogP contribution in [-0.4, -0.2) is 15.5 Å². The molecule has 0 bridgehead atoms. The Morgan fingerprint density at radius 1 is 0.824 bits per heavy atom. The normalized spacial score (nSPS) is 11.2. The molecule has 4 nitrogen and oxygen atoms in total. The molecule has 34 heavy (non-hydrogen) atoms. The predicted molar refractivity (Wildman–Crippen MR) is 146 cm³/mol. The molecule has 2 rings (SSSR count). The number of amides is 1. The molecule has 0 spiro atoms. The zero-order valence-electron chi connectivity index (χ0n) is 22.0. The number of para-hydroxylation sites is 2. The van der Waals surface area contributed by atoms with Gasteiger partial charge >= 0.3 is 0 Å². The van der Waals surface area contributed by atoms with Gasteiger partial charge in [0.1, 0.15) is 5.82 Å². The summed E-state index contributed by atoms with van der Waals surface area (Å²) in [5.74, 6) is 0.817. The van der Waals surface area contributed by atoms with E-state index in [2.05, 4.69) is 35.5 Å². The number of rotatable bonds is 20. The average Bonchev–Trinajstić information content (AvgIpc) is 3.19. The predicted octanol–water partition coefficient (Wildman–Crippen LogP) is 8.49. The molecular formula is C30H49N3O. The number of aryl methyl sites for hydroxylation is 1. The first kappa shape index (κ1) is 28.1. The van der Waals surface area contributed by atoms with Gasteiger partial charge in [-0.3, -0.25) is 4.79 Å². The summed E-state index contributed by atoms with van der Waals surface area (Å²) < 4.78 is 2.28. The van der Waals surface area contributed by atoms with E-state index in [0.29, 0.717) is 12.1 Å². The van der Waals surface area contributed by atoms with Crippen molar-refractivity contribution >= 4 is 16.9 Å². The Kier molecular flexibility index (Phi) is 14.4. The van der Waals surface area contributed by atoms with Crippen LogP contribution in [0.3, 0.4) is 0 Å². The first-order chi connectivity index (χ1) is 16.6. The molecule has 1 N–H and O–H groups in total. The van der Waals surface area contributed by atoms with E-state index in [1.807, 2.05) is 12.1 Å². The van der Waals surface area contributed by atoms with Crippen molar-refractivity contribution in [3.05, 3.63) is 42.2 Å². The van der Waals surface area contributed by atoms with Gasteiger partial charge in [0.25, 0.3) is 0 Å². The van der Waals surface area contributed by atoms with Crippen molar-refractivity contribution in [2.75, 3.05) is 0 Å². The number of hydrogen-bond acceptors (Lipinski definition) is 2. The molecule has 0 radical (unpaired) electrons. The van der Waals surface area contributed by atoms with Crippen LogP contribution in [0.15, 0.2) is 36.4 Å². The van der Waals surface area contributed by atoms with Gasteiger partial charge in [-0.2, -0.15) is 0 Å². The summed E-state index contributed by atoms with van der Waals surface area (Å²) in [6.07, 6.45) is 22.1. The smallest absolute Gasteiger partial charge is 0.246 e. The molecule has 0 aliphatic rings. The molecule has 4 heteroatoms. The van der Waals surface area contributed by atoms with Gasteiger partial charge in [0.15, 0.2) is 0 Å². The summed E-state index contributed by atoms with van der Waals surface area (Å²) in [5, 5.41) is 2.93. The largest absolute Gasteiger partial charge is 0.345 e. The van der Waals surface area contributed by atoms with Crippen LogP contribution in [0.4, 0.5) is 0 Å². The lowest BCUT2D eigenvalue weighted by Gasteiger charge is -2.10. The first-order valence-corrected chi connectivity index (χ1v) is 14.0. The van der Waals surface area contributed by atoms with Gasteiger partial charge in [-0.05, 0) is 25.5 Å². The number of unbranched alkanes of at least 4 members (excludes halogenated alkanes) is 15. The lowest BCUT2D eigenvalue weighted by atomic mass is 10.0.